The zero-order valence-electron chi connectivity index (χ0n) is 12.8. The third kappa shape index (κ3) is 3.71. The van der Waals surface area contributed by atoms with Crippen LogP contribution in [-0.2, 0) is 4.74 Å². The van der Waals surface area contributed by atoms with Crippen LogP contribution < -0.4 is 4.74 Å². The SMILES string of the molecule is CCOC(=O)c1cc2cc(OCCCl)c(C)cc2cc1[N+](=O)[O-]. The monoisotopic (exact) mass is 337 g/mol. The minimum absolute atomic E-state index is 0.0727. The number of esters is 1. The van der Waals surface area contributed by atoms with Crippen LogP contribution in [0.5, 0.6) is 5.75 Å². The van der Waals surface area contributed by atoms with Crippen LogP contribution in [0.1, 0.15) is 22.8 Å². The molecule has 0 aliphatic rings. The highest BCUT2D eigenvalue weighted by atomic mass is 35.5. The molecule has 0 unspecified atom stereocenters. The van der Waals surface area contributed by atoms with Crippen LogP contribution in [0.3, 0.4) is 0 Å². The quantitative estimate of drug-likeness (QED) is 0.346. The molecule has 6 nitrogen and oxygen atoms in total. The maximum atomic E-state index is 12.0. The number of nitro benzene ring substituents is 1. The summed E-state index contributed by atoms with van der Waals surface area (Å²) in [4.78, 5) is 22.6. The number of nitrogens with zero attached hydrogens (tertiary/aromatic N) is 1. The molecule has 0 N–H and O–H groups in total. The molecule has 0 bridgehead atoms. The lowest BCUT2D eigenvalue weighted by Crippen LogP contribution is -2.08. The summed E-state index contributed by atoms with van der Waals surface area (Å²) in [5, 5.41) is 12.5. The van der Waals surface area contributed by atoms with E-state index in [1.165, 1.54) is 12.1 Å². The number of ether oxygens (including phenoxy) is 2. The zero-order valence-corrected chi connectivity index (χ0v) is 13.6. The van der Waals surface area contributed by atoms with Crippen molar-refractivity contribution >= 4 is 34.0 Å². The van der Waals surface area contributed by atoms with Crippen molar-refractivity contribution in [3.05, 3.63) is 45.5 Å². The molecular weight excluding hydrogens is 322 g/mol. The largest absolute Gasteiger partial charge is 0.492 e. The lowest BCUT2D eigenvalue weighted by atomic mass is 10.0. The molecule has 23 heavy (non-hydrogen) atoms. The molecule has 2 aromatic rings. The summed E-state index contributed by atoms with van der Waals surface area (Å²) >= 11 is 5.62. The Morgan fingerprint density at radius 2 is 1.96 bits per heavy atom. The molecule has 122 valence electrons. The van der Waals surface area contributed by atoms with Crippen molar-refractivity contribution in [2.45, 2.75) is 13.8 Å². The molecule has 0 heterocycles. The third-order valence-electron chi connectivity index (χ3n) is 3.28. The number of hydrogen-bond acceptors (Lipinski definition) is 5. The Balaban J connectivity index is 2.60. The number of nitro groups is 1. The summed E-state index contributed by atoms with van der Waals surface area (Å²) < 4.78 is 10.4. The Bertz CT molecular complexity index is 760. The average Bonchev–Trinajstić information content (AvgIpc) is 2.51. The van der Waals surface area contributed by atoms with Gasteiger partial charge in [0, 0.05) is 6.07 Å². The average molecular weight is 338 g/mol. The highest BCUT2D eigenvalue weighted by Gasteiger charge is 2.22. The normalized spacial score (nSPS) is 10.6. The Hall–Kier alpha value is -2.34. The molecule has 0 saturated heterocycles. The molecule has 7 heteroatoms. The lowest BCUT2D eigenvalue weighted by molar-refractivity contribution is -0.385. The van der Waals surface area contributed by atoms with E-state index in [1.54, 1.807) is 19.1 Å². The first-order valence-corrected chi connectivity index (χ1v) is 7.60. The van der Waals surface area contributed by atoms with Crippen molar-refractivity contribution in [3.8, 4) is 5.75 Å². The summed E-state index contributed by atoms with van der Waals surface area (Å²) in [6.45, 7) is 3.98. The summed E-state index contributed by atoms with van der Waals surface area (Å²) in [5.74, 6) is 0.262. The second kappa shape index (κ2) is 7.28. The maximum Gasteiger partial charge on any atom is 0.345 e. The molecule has 0 aromatic heterocycles. The molecular formula is C16H16ClNO5. The van der Waals surface area contributed by atoms with Gasteiger partial charge in [-0.1, -0.05) is 0 Å². The number of carbonyl (C=O) groups excluding carboxylic acids is 1. The van der Waals surface area contributed by atoms with Crippen LogP contribution in [0.15, 0.2) is 24.3 Å². The summed E-state index contributed by atoms with van der Waals surface area (Å²) in [5.41, 5.74) is 0.488. The minimum atomic E-state index is -0.718. The van der Waals surface area contributed by atoms with Crippen molar-refractivity contribution < 1.29 is 19.2 Å². The van der Waals surface area contributed by atoms with E-state index in [1.807, 2.05) is 6.92 Å². The van der Waals surface area contributed by atoms with E-state index in [-0.39, 0.29) is 17.9 Å². The number of alkyl halides is 1. The highest BCUT2D eigenvalue weighted by molar-refractivity contribution is 6.18. The summed E-state index contributed by atoms with van der Waals surface area (Å²) in [6.07, 6.45) is 0. The minimum Gasteiger partial charge on any atom is -0.492 e. The van der Waals surface area contributed by atoms with Gasteiger partial charge in [-0.25, -0.2) is 4.79 Å². The van der Waals surface area contributed by atoms with Gasteiger partial charge >= 0.3 is 5.97 Å². The first kappa shape index (κ1) is 17.0. The van der Waals surface area contributed by atoms with Crippen LogP contribution in [0, 0.1) is 17.0 Å². The molecule has 0 amide bonds. The van der Waals surface area contributed by atoms with Crippen molar-refractivity contribution in [2.24, 2.45) is 0 Å². The Labute approximate surface area is 138 Å². The predicted octanol–water partition coefficient (Wildman–Crippen LogP) is 3.85. The van der Waals surface area contributed by atoms with Gasteiger partial charge in [-0.05, 0) is 48.4 Å². The number of halogens is 1. The highest BCUT2D eigenvalue weighted by Crippen LogP contribution is 2.31. The summed E-state index contributed by atoms with van der Waals surface area (Å²) in [7, 11) is 0. The Morgan fingerprint density at radius 1 is 1.26 bits per heavy atom. The maximum absolute atomic E-state index is 12.0. The standard InChI is InChI=1S/C16H16ClNO5/c1-3-22-16(19)13-7-12-9-15(23-5-4-17)10(2)6-11(12)8-14(13)18(20)21/h6-9H,3-5H2,1-2H3. The molecule has 0 spiro atoms. The Morgan fingerprint density at radius 3 is 2.57 bits per heavy atom. The van der Waals surface area contributed by atoms with Gasteiger partial charge in [-0.2, -0.15) is 0 Å². The predicted molar refractivity (Wildman–Crippen MR) is 87.5 cm³/mol. The van der Waals surface area contributed by atoms with E-state index in [9.17, 15) is 14.9 Å². The van der Waals surface area contributed by atoms with Gasteiger partial charge in [0.2, 0.25) is 0 Å². The second-order valence-corrected chi connectivity index (χ2v) is 5.23. The van der Waals surface area contributed by atoms with Crippen LogP contribution in [0.2, 0.25) is 0 Å². The van der Waals surface area contributed by atoms with E-state index in [0.29, 0.717) is 29.0 Å². The number of hydrogen-bond donors (Lipinski definition) is 0. The van der Waals surface area contributed by atoms with Crippen LogP contribution in [-0.4, -0.2) is 30.0 Å². The smallest absolute Gasteiger partial charge is 0.345 e. The number of fused-ring (bicyclic) bond motifs is 1. The zero-order chi connectivity index (χ0) is 17.0. The van der Waals surface area contributed by atoms with Gasteiger partial charge in [0.25, 0.3) is 5.69 Å². The van der Waals surface area contributed by atoms with E-state index < -0.39 is 10.9 Å². The number of aryl methyl sites for hydroxylation is 1. The molecule has 2 rings (SSSR count). The van der Waals surface area contributed by atoms with Crippen molar-refractivity contribution in [3.63, 3.8) is 0 Å². The first-order valence-electron chi connectivity index (χ1n) is 7.06. The lowest BCUT2D eigenvalue weighted by Gasteiger charge is -2.11. The number of carbonyl (C=O) groups is 1. The van der Waals surface area contributed by atoms with Gasteiger partial charge in [0.1, 0.15) is 17.9 Å². The topological polar surface area (TPSA) is 78.7 Å². The number of benzene rings is 2. The molecule has 0 radical (unpaired) electrons. The van der Waals surface area contributed by atoms with Crippen LogP contribution >= 0.6 is 11.6 Å². The van der Waals surface area contributed by atoms with E-state index in [4.69, 9.17) is 21.1 Å². The third-order valence-corrected chi connectivity index (χ3v) is 3.43. The van der Waals surface area contributed by atoms with E-state index in [0.717, 1.165) is 5.56 Å². The molecule has 0 atom stereocenters. The van der Waals surface area contributed by atoms with Gasteiger partial charge < -0.3 is 9.47 Å². The molecule has 0 aliphatic carbocycles. The van der Waals surface area contributed by atoms with Gasteiger partial charge in [-0.15, -0.1) is 11.6 Å². The van der Waals surface area contributed by atoms with Gasteiger partial charge in [0.05, 0.1) is 17.4 Å². The first-order chi connectivity index (χ1) is 11.0. The fraction of sp³-hybridized carbons (Fsp3) is 0.312. The molecule has 2 aromatic carbocycles. The van der Waals surface area contributed by atoms with Crippen molar-refractivity contribution in [1.29, 1.82) is 0 Å². The molecule has 0 fully saturated rings. The van der Waals surface area contributed by atoms with E-state index >= 15 is 0 Å². The fourth-order valence-corrected chi connectivity index (χ4v) is 2.34. The molecule has 0 aliphatic heterocycles. The van der Waals surface area contributed by atoms with Crippen molar-refractivity contribution in [2.75, 3.05) is 19.1 Å². The van der Waals surface area contributed by atoms with Crippen LogP contribution in [0.25, 0.3) is 10.8 Å². The summed E-state index contributed by atoms with van der Waals surface area (Å²) in [6, 6.07) is 6.35. The molecule has 0 saturated carbocycles. The number of rotatable bonds is 6. The van der Waals surface area contributed by atoms with Gasteiger partial charge in [-0.3, -0.25) is 10.1 Å². The fourth-order valence-electron chi connectivity index (χ4n) is 2.26. The van der Waals surface area contributed by atoms with Crippen molar-refractivity contribution in [1.82, 2.24) is 0 Å². The van der Waals surface area contributed by atoms with E-state index in [2.05, 4.69) is 0 Å². The van der Waals surface area contributed by atoms with Gasteiger partial charge in [0.15, 0.2) is 0 Å². The second-order valence-electron chi connectivity index (χ2n) is 4.85. The Kier molecular flexibility index (Phi) is 5.39. The van der Waals surface area contributed by atoms with Crippen LogP contribution in [0.4, 0.5) is 5.69 Å².